The highest BCUT2D eigenvalue weighted by molar-refractivity contribution is 5.92. The van der Waals surface area contributed by atoms with E-state index >= 15 is 0 Å². The fourth-order valence-electron chi connectivity index (χ4n) is 15.3. The molecule has 0 aromatic heterocycles. The van der Waals surface area contributed by atoms with Crippen molar-refractivity contribution in [3.63, 3.8) is 0 Å². The van der Waals surface area contributed by atoms with Crippen LogP contribution in [0.2, 0.25) is 0 Å². The van der Waals surface area contributed by atoms with Crippen molar-refractivity contribution in [2.24, 2.45) is 11.8 Å². The van der Waals surface area contributed by atoms with Crippen molar-refractivity contribution in [3.05, 3.63) is 352 Å². The van der Waals surface area contributed by atoms with Crippen LogP contribution in [-0.4, -0.2) is 0 Å². The van der Waals surface area contributed by atoms with Crippen LogP contribution in [0.15, 0.2) is 291 Å². The summed E-state index contributed by atoms with van der Waals surface area (Å²) in [5.41, 5.74) is 24.5. The van der Waals surface area contributed by atoms with Gasteiger partial charge in [-0.2, -0.15) is 0 Å². The molecule has 75 heavy (non-hydrogen) atoms. The zero-order valence-electron chi connectivity index (χ0n) is 42.0. The van der Waals surface area contributed by atoms with Gasteiger partial charge in [0.15, 0.2) is 0 Å². The summed E-state index contributed by atoms with van der Waals surface area (Å²) in [7, 11) is 0. The molecule has 3 atom stereocenters. The maximum atomic E-state index is 2.63. The lowest BCUT2D eigenvalue weighted by Crippen LogP contribution is -2.42. The van der Waals surface area contributed by atoms with Gasteiger partial charge in [0.1, 0.15) is 0 Å². The van der Waals surface area contributed by atoms with Crippen LogP contribution in [0.4, 0.5) is 0 Å². The van der Waals surface area contributed by atoms with Crippen molar-refractivity contribution < 1.29 is 0 Å². The summed E-state index contributed by atoms with van der Waals surface area (Å²) in [6, 6.07) is 85.5. The van der Waals surface area contributed by atoms with Gasteiger partial charge >= 0.3 is 0 Å². The van der Waals surface area contributed by atoms with E-state index in [4.69, 9.17) is 0 Å². The van der Waals surface area contributed by atoms with Crippen LogP contribution in [0.5, 0.6) is 0 Å². The molecular weight excluding hydrogens is 901 g/mol. The molecule has 0 bridgehead atoms. The number of hydrogen-bond acceptors (Lipinski definition) is 0. The van der Waals surface area contributed by atoms with Gasteiger partial charge in [-0.05, 0) is 149 Å². The Morgan fingerprint density at radius 1 is 0.333 bits per heavy atom. The molecule has 9 aromatic rings. The van der Waals surface area contributed by atoms with Gasteiger partial charge < -0.3 is 0 Å². The fourth-order valence-corrected chi connectivity index (χ4v) is 15.3. The van der Waals surface area contributed by atoms with Crippen molar-refractivity contribution in [1.82, 2.24) is 0 Å². The van der Waals surface area contributed by atoms with Gasteiger partial charge in [-0.3, -0.25) is 0 Å². The van der Waals surface area contributed by atoms with E-state index in [1.54, 1.807) is 5.57 Å². The van der Waals surface area contributed by atoms with E-state index in [2.05, 4.69) is 285 Å². The number of rotatable bonds is 8. The Labute approximate surface area is 441 Å². The summed E-state index contributed by atoms with van der Waals surface area (Å²) in [4.78, 5) is 0. The van der Waals surface area contributed by atoms with Gasteiger partial charge in [0.25, 0.3) is 0 Å². The fraction of sp³-hybridized carbons (Fsp3) is 0.120. The quantitative estimate of drug-likeness (QED) is 0.142. The van der Waals surface area contributed by atoms with Crippen LogP contribution >= 0.6 is 0 Å². The minimum Gasteiger partial charge on any atom is -0.0839 e. The van der Waals surface area contributed by atoms with Crippen molar-refractivity contribution >= 4 is 5.57 Å². The molecule has 0 fully saturated rings. The summed E-state index contributed by atoms with van der Waals surface area (Å²) in [6.45, 7) is 0. The van der Waals surface area contributed by atoms with Crippen LogP contribution in [0.25, 0.3) is 39.0 Å². The zero-order chi connectivity index (χ0) is 49.6. The molecule has 3 unspecified atom stereocenters. The molecule has 0 heteroatoms. The monoisotopic (exact) mass is 956 g/mol. The lowest BCUT2D eigenvalue weighted by molar-refractivity contribution is 0.280. The van der Waals surface area contributed by atoms with Crippen molar-refractivity contribution in [1.29, 1.82) is 0 Å². The van der Waals surface area contributed by atoms with Crippen LogP contribution in [0.3, 0.4) is 0 Å². The highest BCUT2D eigenvalue weighted by Crippen LogP contribution is 2.64. The van der Waals surface area contributed by atoms with Crippen LogP contribution in [0, 0.1) is 11.8 Å². The van der Waals surface area contributed by atoms with Gasteiger partial charge in [0.2, 0.25) is 0 Å². The molecule has 6 aliphatic rings. The van der Waals surface area contributed by atoms with Gasteiger partial charge in [0.05, 0.1) is 10.8 Å². The Morgan fingerprint density at radius 3 is 1.25 bits per heavy atom. The molecule has 6 aliphatic carbocycles. The van der Waals surface area contributed by atoms with E-state index < -0.39 is 10.8 Å². The molecule has 0 heterocycles. The first-order valence-electron chi connectivity index (χ1n) is 27.1. The third kappa shape index (κ3) is 6.24. The van der Waals surface area contributed by atoms with E-state index in [-0.39, 0.29) is 23.2 Å². The second kappa shape index (κ2) is 17.3. The highest BCUT2D eigenvalue weighted by atomic mass is 14.6. The summed E-state index contributed by atoms with van der Waals surface area (Å²) in [5.74, 6) is 0.770. The Bertz CT molecular complexity index is 3800. The number of benzene rings is 9. The number of allylic oxidation sites excluding steroid dienone is 12. The first-order chi connectivity index (χ1) is 37.2. The van der Waals surface area contributed by atoms with Crippen LogP contribution < -0.4 is 0 Å². The SMILES string of the molecule is C1=CCC(C2(C3C=CC=CC3)C3=C(C=CC(c4ccc5c(c4)C(c4ccccc4)(c4ccccc4)c4ccccc4-5)C3)c3ccc(-c4ccc5c(c4)C(c4ccccc4)(c4ccccc4)c4ccccc4-5)cc32)C=C1. The summed E-state index contributed by atoms with van der Waals surface area (Å²) >= 11 is 0. The van der Waals surface area contributed by atoms with Gasteiger partial charge in [-0.1, -0.05) is 273 Å². The Morgan fingerprint density at radius 2 is 0.760 bits per heavy atom. The topological polar surface area (TPSA) is 0 Å². The molecule has 0 radical (unpaired) electrons. The van der Waals surface area contributed by atoms with Crippen LogP contribution in [-0.2, 0) is 16.2 Å². The van der Waals surface area contributed by atoms with Crippen molar-refractivity contribution in [3.8, 4) is 33.4 Å². The molecule has 0 spiro atoms. The predicted octanol–water partition coefficient (Wildman–Crippen LogP) is 18.1. The smallest absolute Gasteiger partial charge is 0.0713 e. The van der Waals surface area contributed by atoms with Gasteiger partial charge in [-0.25, -0.2) is 0 Å². The summed E-state index contributed by atoms with van der Waals surface area (Å²) in [6.07, 6.45) is 27.1. The Balaban J connectivity index is 0.893. The van der Waals surface area contributed by atoms with Gasteiger partial charge in [-0.15, -0.1) is 0 Å². The van der Waals surface area contributed by atoms with Gasteiger partial charge in [0, 0.05) is 11.3 Å². The molecule has 0 N–H and O–H groups in total. The first kappa shape index (κ1) is 44.0. The van der Waals surface area contributed by atoms with Crippen molar-refractivity contribution in [2.45, 2.75) is 41.4 Å². The maximum Gasteiger partial charge on any atom is 0.0713 e. The largest absolute Gasteiger partial charge is 0.0839 e. The minimum atomic E-state index is -0.466. The standard InChI is InChI=1S/C75H56/c1-7-23-55(24-8-1)73(56-25-9-2-10-26-56)67-37-21-19-35-61(67)63-43-39-51(47-69(63)73)53-41-45-65-66-46-42-54(50-72(66)75(71(65)49-53,59-31-15-5-16-32-59)60-33-17-6-18-34-60)52-40-44-64-62-36-20-22-38-68(62)74(70(64)48-52,57-27-11-3-12-28-57)58-29-13-4-14-30-58/h1-31,33,35-49,54,59-60H,32,34,50H2. The molecular formula is C75H56. The second-order valence-electron chi connectivity index (χ2n) is 21.6. The zero-order valence-corrected chi connectivity index (χ0v) is 42.0. The maximum absolute atomic E-state index is 2.63. The molecule has 356 valence electrons. The lowest BCUT2D eigenvalue weighted by atomic mass is 9.55. The third-order valence-electron chi connectivity index (χ3n) is 18.3. The molecule has 15 rings (SSSR count). The number of hydrogen-bond donors (Lipinski definition) is 0. The van der Waals surface area contributed by atoms with E-state index in [9.17, 15) is 0 Å². The van der Waals surface area contributed by atoms with Crippen LogP contribution in [0.1, 0.15) is 86.4 Å². The summed E-state index contributed by atoms with van der Waals surface area (Å²) < 4.78 is 0. The molecule has 0 aliphatic heterocycles. The molecule has 0 saturated heterocycles. The Kier molecular flexibility index (Phi) is 10.1. The number of fused-ring (bicyclic) bond motifs is 8. The van der Waals surface area contributed by atoms with Crippen molar-refractivity contribution in [2.75, 3.05) is 0 Å². The second-order valence-corrected chi connectivity index (χ2v) is 21.6. The normalized spacial score (nSPS) is 21.5. The molecule has 9 aromatic carbocycles. The first-order valence-corrected chi connectivity index (χ1v) is 27.1. The molecule has 0 nitrogen and oxygen atoms in total. The Hall–Kier alpha value is -8.58. The molecule has 0 amide bonds. The predicted molar refractivity (Wildman–Crippen MR) is 311 cm³/mol. The third-order valence-corrected chi connectivity index (χ3v) is 18.3. The minimum absolute atomic E-state index is 0.198. The van der Waals surface area contributed by atoms with E-state index in [1.807, 2.05) is 0 Å². The lowest BCUT2D eigenvalue weighted by Gasteiger charge is -2.47. The van der Waals surface area contributed by atoms with E-state index in [0.29, 0.717) is 0 Å². The summed E-state index contributed by atoms with van der Waals surface area (Å²) in [5, 5.41) is 0. The van der Waals surface area contributed by atoms with E-state index in [0.717, 1.165) is 19.3 Å². The average molecular weight is 957 g/mol. The average Bonchev–Trinajstić information content (AvgIpc) is 4.14. The van der Waals surface area contributed by atoms with E-state index in [1.165, 1.54) is 100 Å². The molecule has 0 saturated carbocycles. The highest BCUT2D eigenvalue weighted by Gasteiger charge is 2.54.